The highest BCUT2D eigenvalue weighted by atomic mass is 16.5. The minimum atomic E-state index is 0.0501. The third-order valence-corrected chi connectivity index (χ3v) is 4.31. The van der Waals surface area contributed by atoms with Gasteiger partial charge in [-0.05, 0) is 46.1 Å². The summed E-state index contributed by atoms with van der Waals surface area (Å²) in [4.78, 5) is 2.32. The predicted octanol–water partition coefficient (Wildman–Crippen LogP) is 2.19. The lowest BCUT2D eigenvalue weighted by Crippen LogP contribution is -2.50. The Morgan fingerprint density at radius 3 is 2.67 bits per heavy atom. The molecule has 1 fully saturated rings. The molecule has 3 rings (SSSR count). The lowest BCUT2D eigenvalue weighted by molar-refractivity contribution is -0.0118. The summed E-state index contributed by atoms with van der Waals surface area (Å²) in [6.45, 7) is 2.14. The first-order chi connectivity index (χ1) is 8.70. The summed E-state index contributed by atoms with van der Waals surface area (Å²) >= 11 is 0. The van der Waals surface area contributed by atoms with E-state index in [1.807, 2.05) is 0 Å². The molecule has 0 amide bonds. The average molecular weight is 246 g/mol. The minimum absolute atomic E-state index is 0.0501. The number of fused-ring (bicyclic) bond motifs is 1. The molecule has 0 saturated carbocycles. The van der Waals surface area contributed by atoms with Crippen molar-refractivity contribution in [3.8, 4) is 5.75 Å². The van der Waals surface area contributed by atoms with Crippen molar-refractivity contribution in [1.29, 1.82) is 0 Å². The highest BCUT2D eigenvalue weighted by Crippen LogP contribution is 2.44. The van der Waals surface area contributed by atoms with E-state index in [2.05, 4.69) is 48.6 Å². The smallest absolute Gasteiger partial charge is 0.124 e. The van der Waals surface area contributed by atoms with E-state index in [4.69, 9.17) is 4.74 Å². The molecule has 18 heavy (non-hydrogen) atoms. The lowest BCUT2D eigenvalue weighted by Gasteiger charge is -2.46. The van der Waals surface area contributed by atoms with Crippen molar-refractivity contribution in [3.05, 3.63) is 29.8 Å². The molecule has 1 aromatic carbocycles. The molecule has 1 spiro atoms. The first-order valence-corrected chi connectivity index (χ1v) is 6.85. The molecule has 2 aliphatic heterocycles. The number of para-hydroxylation sites is 1. The summed E-state index contributed by atoms with van der Waals surface area (Å²) in [6, 6.07) is 8.99. The molecule has 0 radical (unpaired) electrons. The maximum atomic E-state index is 6.37. The topological polar surface area (TPSA) is 24.5 Å². The number of piperidine rings is 1. The number of nitrogens with one attached hydrogen (secondary N) is 1. The van der Waals surface area contributed by atoms with Crippen molar-refractivity contribution < 1.29 is 4.74 Å². The number of hydrogen-bond acceptors (Lipinski definition) is 3. The van der Waals surface area contributed by atoms with Gasteiger partial charge in [0.15, 0.2) is 0 Å². The van der Waals surface area contributed by atoms with Crippen LogP contribution < -0.4 is 10.1 Å². The van der Waals surface area contributed by atoms with Gasteiger partial charge in [-0.15, -0.1) is 0 Å². The van der Waals surface area contributed by atoms with Gasteiger partial charge < -0.3 is 15.0 Å². The Labute approximate surface area is 109 Å². The molecule has 1 saturated heterocycles. The molecule has 0 aliphatic carbocycles. The van der Waals surface area contributed by atoms with Gasteiger partial charge in [0.1, 0.15) is 11.4 Å². The maximum Gasteiger partial charge on any atom is 0.124 e. The predicted molar refractivity (Wildman–Crippen MR) is 72.9 cm³/mol. The largest absolute Gasteiger partial charge is 0.487 e. The Hall–Kier alpha value is -1.06. The van der Waals surface area contributed by atoms with E-state index in [1.165, 1.54) is 5.56 Å². The first kappa shape index (κ1) is 12.0. The van der Waals surface area contributed by atoms with Crippen LogP contribution in [0.5, 0.6) is 5.75 Å². The summed E-state index contributed by atoms with van der Waals surface area (Å²) in [5.74, 6) is 1.09. The summed E-state index contributed by atoms with van der Waals surface area (Å²) in [5.41, 5.74) is 1.39. The van der Waals surface area contributed by atoms with Gasteiger partial charge in [0.05, 0.1) is 0 Å². The van der Waals surface area contributed by atoms with Crippen LogP contribution in [0.15, 0.2) is 24.3 Å². The molecule has 1 unspecified atom stereocenters. The number of nitrogens with zero attached hydrogens (tertiary/aromatic N) is 1. The van der Waals surface area contributed by atoms with Gasteiger partial charge in [-0.1, -0.05) is 18.2 Å². The van der Waals surface area contributed by atoms with E-state index in [0.29, 0.717) is 6.04 Å². The van der Waals surface area contributed by atoms with Crippen LogP contribution in [-0.2, 0) is 0 Å². The van der Waals surface area contributed by atoms with E-state index in [1.54, 1.807) is 0 Å². The molecule has 3 nitrogen and oxygen atoms in total. The Kier molecular flexibility index (Phi) is 3.04. The molecule has 0 aromatic heterocycles. The van der Waals surface area contributed by atoms with E-state index in [9.17, 15) is 0 Å². The molecule has 1 N–H and O–H groups in total. The molecule has 3 heteroatoms. The molecule has 98 valence electrons. The second kappa shape index (κ2) is 4.56. The zero-order chi connectivity index (χ0) is 12.6. The molecule has 1 aromatic rings. The van der Waals surface area contributed by atoms with Gasteiger partial charge in [0.2, 0.25) is 0 Å². The number of rotatable bonds is 1. The monoisotopic (exact) mass is 246 g/mol. The Morgan fingerprint density at radius 1 is 1.22 bits per heavy atom. The Balaban J connectivity index is 1.96. The lowest BCUT2D eigenvalue weighted by atomic mass is 9.80. The summed E-state index contributed by atoms with van der Waals surface area (Å²) < 4.78 is 6.37. The quantitative estimate of drug-likeness (QED) is 0.822. The summed E-state index contributed by atoms with van der Waals surface area (Å²) in [7, 11) is 4.34. The highest BCUT2D eigenvalue weighted by molar-refractivity contribution is 5.39. The first-order valence-electron chi connectivity index (χ1n) is 6.85. The summed E-state index contributed by atoms with van der Waals surface area (Å²) in [6.07, 6.45) is 3.34. The van der Waals surface area contributed by atoms with Crippen molar-refractivity contribution in [2.75, 3.05) is 27.2 Å². The van der Waals surface area contributed by atoms with Crippen molar-refractivity contribution in [2.45, 2.75) is 30.9 Å². The van der Waals surface area contributed by atoms with Crippen molar-refractivity contribution in [1.82, 2.24) is 10.2 Å². The third kappa shape index (κ3) is 2.02. The van der Waals surface area contributed by atoms with Crippen molar-refractivity contribution >= 4 is 0 Å². The van der Waals surface area contributed by atoms with Crippen molar-refractivity contribution in [2.24, 2.45) is 0 Å². The molecule has 2 aliphatic rings. The van der Waals surface area contributed by atoms with Crippen molar-refractivity contribution in [3.63, 3.8) is 0 Å². The fraction of sp³-hybridized carbons (Fsp3) is 0.600. The molecular formula is C15H22N2O. The van der Waals surface area contributed by atoms with Crippen LogP contribution in [0.25, 0.3) is 0 Å². The number of benzene rings is 1. The van der Waals surface area contributed by atoms with E-state index in [-0.39, 0.29) is 5.60 Å². The number of hydrogen-bond donors (Lipinski definition) is 1. The molecule has 1 atom stereocenters. The fourth-order valence-electron chi connectivity index (χ4n) is 3.24. The fourth-order valence-corrected chi connectivity index (χ4v) is 3.24. The van der Waals surface area contributed by atoms with Crippen LogP contribution in [0, 0.1) is 0 Å². The second-order valence-electron chi connectivity index (χ2n) is 5.76. The molecule has 2 heterocycles. The van der Waals surface area contributed by atoms with Crippen LogP contribution in [0.4, 0.5) is 0 Å². The normalized spacial score (nSPS) is 25.8. The van der Waals surface area contributed by atoms with E-state index >= 15 is 0 Å². The van der Waals surface area contributed by atoms with Crippen LogP contribution in [-0.4, -0.2) is 37.7 Å². The molecular weight excluding hydrogens is 224 g/mol. The highest BCUT2D eigenvalue weighted by Gasteiger charge is 2.42. The van der Waals surface area contributed by atoms with Crippen LogP contribution >= 0.6 is 0 Å². The van der Waals surface area contributed by atoms with Gasteiger partial charge in [-0.3, -0.25) is 0 Å². The Bertz CT molecular complexity index is 424. The van der Waals surface area contributed by atoms with Gasteiger partial charge in [-0.25, -0.2) is 0 Å². The van der Waals surface area contributed by atoms with Crippen LogP contribution in [0.1, 0.15) is 30.9 Å². The third-order valence-electron chi connectivity index (χ3n) is 4.31. The average Bonchev–Trinajstić information content (AvgIpc) is 2.38. The van der Waals surface area contributed by atoms with E-state index < -0.39 is 0 Å². The van der Waals surface area contributed by atoms with Crippen LogP contribution in [0.3, 0.4) is 0 Å². The second-order valence-corrected chi connectivity index (χ2v) is 5.76. The SMILES string of the molecule is CN(C)C1CC2(CCNCC2)Oc2ccccc21. The molecule has 0 bridgehead atoms. The zero-order valence-corrected chi connectivity index (χ0v) is 11.3. The van der Waals surface area contributed by atoms with Gasteiger partial charge >= 0.3 is 0 Å². The van der Waals surface area contributed by atoms with Gasteiger partial charge in [-0.2, -0.15) is 0 Å². The minimum Gasteiger partial charge on any atom is -0.487 e. The maximum absolute atomic E-state index is 6.37. The number of ether oxygens (including phenoxy) is 1. The standard InChI is InChI=1S/C15H22N2O/c1-17(2)13-11-15(7-9-16-10-8-15)18-14-6-4-3-5-12(13)14/h3-6,13,16H,7-11H2,1-2H3. The summed E-state index contributed by atoms with van der Waals surface area (Å²) in [5, 5.41) is 3.43. The van der Waals surface area contributed by atoms with Gasteiger partial charge in [0, 0.05) is 18.0 Å². The van der Waals surface area contributed by atoms with Crippen LogP contribution in [0.2, 0.25) is 0 Å². The van der Waals surface area contributed by atoms with Gasteiger partial charge in [0.25, 0.3) is 0 Å². The zero-order valence-electron chi connectivity index (χ0n) is 11.3. The Morgan fingerprint density at radius 2 is 1.94 bits per heavy atom. The van der Waals surface area contributed by atoms with E-state index in [0.717, 1.165) is 38.1 Å².